The fourth-order valence-electron chi connectivity index (χ4n) is 3.82. The topological polar surface area (TPSA) is 34.1 Å². The van der Waals surface area contributed by atoms with Crippen molar-refractivity contribution in [1.29, 1.82) is 0 Å². The fourth-order valence-corrected chi connectivity index (χ4v) is 5.15. The van der Waals surface area contributed by atoms with E-state index in [0.29, 0.717) is 15.7 Å². The summed E-state index contributed by atoms with van der Waals surface area (Å²) in [6.45, 7) is 0. The maximum absolute atomic E-state index is 12.8. The molecule has 0 saturated heterocycles. The first-order valence-electron chi connectivity index (χ1n) is 7.70. The lowest BCUT2D eigenvalue weighted by Gasteiger charge is -2.24. The molecule has 0 amide bonds. The van der Waals surface area contributed by atoms with Crippen molar-refractivity contribution in [1.82, 2.24) is 0 Å². The average molecular weight is 310 g/mol. The van der Waals surface area contributed by atoms with Gasteiger partial charge in [0.2, 0.25) is 9.84 Å². The minimum Gasteiger partial charge on any atom is -0.219 e. The van der Waals surface area contributed by atoms with E-state index in [2.05, 4.69) is 18.2 Å². The fraction of sp³-hybridized carbons (Fsp3) is 0.263. The summed E-state index contributed by atoms with van der Waals surface area (Å²) in [4.78, 5) is 0.755. The molecule has 2 aliphatic carbocycles. The summed E-state index contributed by atoms with van der Waals surface area (Å²) in [7, 11) is -3.44. The van der Waals surface area contributed by atoms with Crippen LogP contribution in [-0.4, -0.2) is 8.42 Å². The van der Waals surface area contributed by atoms with Crippen molar-refractivity contribution in [3.8, 4) is 0 Å². The molecule has 0 spiro atoms. The summed E-state index contributed by atoms with van der Waals surface area (Å²) < 4.78 is 25.6. The Morgan fingerprint density at radius 3 is 2.36 bits per heavy atom. The largest absolute Gasteiger partial charge is 0.219 e. The lowest BCUT2D eigenvalue weighted by molar-refractivity contribution is 0.564. The van der Waals surface area contributed by atoms with Gasteiger partial charge in [-0.1, -0.05) is 42.5 Å². The Hall–Kier alpha value is -1.87. The van der Waals surface area contributed by atoms with Crippen LogP contribution in [-0.2, 0) is 15.3 Å². The summed E-state index contributed by atoms with van der Waals surface area (Å²) in [6.07, 6.45) is 8.05. The van der Waals surface area contributed by atoms with Crippen LogP contribution in [0.15, 0.2) is 76.5 Å². The van der Waals surface area contributed by atoms with Crippen molar-refractivity contribution in [3.63, 3.8) is 0 Å². The molecule has 2 bridgehead atoms. The molecule has 22 heavy (non-hydrogen) atoms. The molecule has 0 N–H and O–H groups in total. The van der Waals surface area contributed by atoms with Crippen LogP contribution in [0.2, 0.25) is 0 Å². The highest BCUT2D eigenvalue weighted by atomic mass is 32.2. The highest BCUT2D eigenvalue weighted by Gasteiger charge is 2.42. The van der Waals surface area contributed by atoms with Crippen LogP contribution in [0.4, 0.5) is 0 Å². The van der Waals surface area contributed by atoms with Gasteiger partial charge in [0.1, 0.15) is 0 Å². The highest BCUT2D eigenvalue weighted by Crippen LogP contribution is 2.51. The molecule has 1 saturated carbocycles. The highest BCUT2D eigenvalue weighted by molar-refractivity contribution is 7.91. The van der Waals surface area contributed by atoms with Crippen molar-refractivity contribution in [2.45, 2.75) is 34.5 Å². The Morgan fingerprint density at radius 1 is 0.955 bits per heavy atom. The van der Waals surface area contributed by atoms with E-state index in [1.807, 2.05) is 18.2 Å². The second kappa shape index (κ2) is 4.82. The van der Waals surface area contributed by atoms with Crippen LogP contribution in [0.25, 0.3) is 0 Å². The van der Waals surface area contributed by atoms with E-state index < -0.39 is 9.84 Å². The standard InChI is InChI=1S/C19H18O2S/c20-22(21,17-6-2-1-3-7-17)18-8-4-5-16(13-18)19-11-9-15(14-19)10-12-19/h1-9,11,13,15H,10,12,14H2. The number of sulfone groups is 1. The van der Waals surface area contributed by atoms with E-state index in [4.69, 9.17) is 0 Å². The molecule has 2 aromatic rings. The predicted octanol–water partition coefficient (Wildman–Crippen LogP) is 4.13. The zero-order chi connectivity index (χ0) is 15.2. The van der Waals surface area contributed by atoms with Crippen molar-refractivity contribution >= 4 is 9.84 Å². The summed E-state index contributed by atoms with van der Waals surface area (Å²) in [6, 6.07) is 16.2. The zero-order valence-electron chi connectivity index (χ0n) is 12.3. The van der Waals surface area contributed by atoms with Gasteiger partial charge >= 0.3 is 0 Å². The molecule has 2 aromatic carbocycles. The third-order valence-electron chi connectivity index (χ3n) is 5.05. The van der Waals surface area contributed by atoms with E-state index in [-0.39, 0.29) is 5.41 Å². The van der Waals surface area contributed by atoms with Crippen molar-refractivity contribution in [2.24, 2.45) is 5.92 Å². The Balaban J connectivity index is 1.79. The minimum atomic E-state index is -3.44. The van der Waals surface area contributed by atoms with Gasteiger partial charge < -0.3 is 0 Å². The van der Waals surface area contributed by atoms with Crippen molar-refractivity contribution in [2.75, 3.05) is 0 Å². The molecule has 0 radical (unpaired) electrons. The SMILES string of the molecule is O=S(=O)(c1ccccc1)c1cccc(C23C=CC(CC2)C3)c1. The minimum absolute atomic E-state index is 0.0624. The van der Waals surface area contributed by atoms with E-state index in [0.717, 1.165) is 18.4 Å². The van der Waals surface area contributed by atoms with Crippen LogP contribution in [0.3, 0.4) is 0 Å². The van der Waals surface area contributed by atoms with Gasteiger partial charge in [0.15, 0.2) is 0 Å². The third kappa shape index (κ3) is 2.03. The maximum Gasteiger partial charge on any atom is 0.206 e. The van der Waals surface area contributed by atoms with Crippen LogP contribution < -0.4 is 0 Å². The van der Waals surface area contributed by atoms with Gasteiger partial charge in [-0.3, -0.25) is 0 Å². The van der Waals surface area contributed by atoms with Crippen molar-refractivity contribution in [3.05, 3.63) is 72.3 Å². The molecule has 0 heterocycles. The van der Waals surface area contributed by atoms with E-state index in [1.165, 1.54) is 6.42 Å². The summed E-state index contributed by atoms with van der Waals surface area (Å²) in [5.74, 6) is 0.675. The van der Waals surface area contributed by atoms with Crippen molar-refractivity contribution < 1.29 is 8.42 Å². The molecule has 4 rings (SSSR count). The second-order valence-corrected chi connectivity index (χ2v) is 8.31. The molecule has 2 unspecified atom stereocenters. The molecule has 2 atom stereocenters. The first-order valence-corrected chi connectivity index (χ1v) is 9.19. The number of hydrogen-bond acceptors (Lipinski definition) is 2. The zero-order valence-corrected chi connectivity index (χ0v) is 13.1. The monoisotopic (exact) mass is 310 g/mol. The van der Waals surface area contributed by atoms with Gasteiger partial charge in [-0.2, -0.15) is 0 Å². The summed E-state index contributed by atoms with van der Waals surface area (Å²) in [5, 5.41) is 0. The Morgan fingerprint density at radius 2 is 1.73 bits per heavy atom. The number of hydrogen-bond donors (Lipinski definition) is 0. The average Bonchev–Trinajstić information content (AvgIpc) is 3.18. The van der Waals surface area contributed by atoms with Gasteiger partial charge in [-0.15, -0.1) is 0 Å². The number of benzene rings is 2. The Labute approximate surface area is 131 Å². The first-order chi connectivity index (χ1) is 10.6. The smallest absolute Gasteiger partial charge is 0.206 e. The van der Waals surface area contributed by atoms with Gasteiger partial charge in [-0.25, -0.2) is 8.42 Å². The van der Waals surface area contributed by atoms with Gasteiger partial charge in [-0.05, 0) is 55.0 Å². The lowest BCUT2D eigenvalue weighted by Crippen LogP contribution is -2.18. The third-order valence-corrected chi connectivity index (χ3v) is 6.82. The number of allylic oxidation sites excluding steroid dienone is 2. The van der Waals surface area contributed by atoms with Crippen LogP contribution in [0, 0.1) is 5.92 Å². The van der Waals surface area contributed by atoms with Gasteiger partial charge in [0.05, 0.1) is 9.79 Å². The first kappa shape index (κ1) is 13.8. The lowest BCUT2D eigenvalue weighted by atomic mass is 9.80. The Bertz CT molecular complexity index is 837. The van der Waals surface area contributed by atoms with Crippen LogP contribution in [0.5, 0.6) is 0 Å². The molecular weight excluding hydrogens is 292 g/mol. The summed E-state index contributed by atoms with van der Waals surface area (Å²) >= 11 is 0. The molecule has 2 aliphatic rings. The number of fused-ring (bicyclic) bond motifs is 2. The molecular formula is C19H18O2S. The second-order valence-electron chi connectivity index (χ2n) is 6.36. The summed E-state index contributed by atoms with van der Waals surface area (Å²) in [5.41, 5.74) is 1.20. The van der Waals surface area contributed by atoms with Gasteiger partial charge in [0.25, 0.3) is 0 Å². The predicted molar refractivity (Wildman–Crippen MR) is 86.5 cm³/mol. The van der Waals surface area contributed by atoms with Crippen LogP contribution in [0.1, 0.15) is 24.8 Å². The van der Waals surface area contributed by atoms with E-state index >= 15 is 0 Å². The van der Waals surface area contributed by atoms with E-state index in [1.54, 1.807) is 30.3 Å². The molecule has 1 fully saturated rings. The van der Waals surface area contributed by atoms with E-state index in [9.17, 15) is 8.42 Å². The molecule has 0 aliphatic heterocycles. The van der Waals surface area contributed by atoms with Crippen LogP contribution >= 0.6 is 0 Å². The molecule has 2 nitrogen and oxygen atoms in total. The number of rotatable bonds is 3. The maximum atomic E-state index is 12.8. The molecule has 3 heteroatoms. The van der Waals surface area contributed by atoms with Gasteiger partial charge in [0, 0.05) is 5.41 Å². The quantitative estimate of drug-likeness (QED) is 0.799. The Kier molecular flexibility index (Phi) is 3.01. The molecule has 112 valence electrons. The molecule has 0 aromatic heterocycles. The normalized spacial score (nSPS) is 26.5.